The highest BCUT2D eigenvalue weighted by Gasteiger charge is 2.29. The highest BCUT2D eigenvalue weighted by atomic mass is 16.7. The third-order valence-electron chi connectivity index (χ3n) is 3.39. The van der Waals surface area contributed by atoms with Crippen molar-refractivity contribution in [3.8, 4) is 0 Å². The number of carbonyl (C=O) groups excluding carboxylic acids is 3. The number of amides is 1. The monoisotopic (exact) mass is 446 g/mol. The first-order chi connectivity index (χ1) is 14.4. The molecule has 0 rings (SSSR count). The second-order valence-electron chi connectivity index (χ2n) is 7.23. The number of methoxy groups -OCH3 is 2. The zero-order valence-corrected chi connectivity index (χ0v) is 18.7. The first-order valence-corrected chi connectivity index (χ1v) is 9.10. The predicted molar refractivity (Wildman–Crippen MR) is 109 cm³/mol. The summed E-state index contributed by atoms with van der Waals surface area (Å²) in [7, 11) is 3.56. The van der Waals surface area contributed by atoms with Gasteiger partial charge in [0.2, 0.25) is 5.76 Å². The Morgan fingerprint density at radius 1 is 1.13 bits per heavy atom. The standard InChI is InChI=1S/C18H30N4O9/c1-11(20-26)9-29-10-12(22(5)17(25)30-18(2,3)4)15(19)21-31-13(16(24)28-7)8-14(23)27-6/h8,11-12H,9-10H2,1-7H3,(H2,19,21)/b13-8+. The number of carbonyl (C=O) groups is 3. The fourth-order valence-corrected chi connectivity index (χ4v) is 1.79. The SMILES string of the molecule is COC(=O)/C=C(/O/N=C(\N)C(COCC(C)N=O)N(C)C(=O)OC(C)(C)C)C(=O)OC. The fourth-order valence-electron chi connectivity index (χ4n) is 1.79. The van der Waals surface area contributed by atoms with Gasteiger partial charge in [-0.2, -0.15) is 4.91 Å². The Balaban J connectivity index is 5.66. The molecule has 2 atom stereocenters. The average molecular weight is 446 g/mol. The number of ether oxygens (including phenoxy) is 4. The Morgan fingerprint density at radius 3 is 2.23 bits per heavy atom. The number of amidine groups is 1. The molecule has 0 aromatic rings. The summed E-state index contributed by atoms with van der Waals surface area (Å²) in [5.74, 6) is -2.80. The second-order valence-corrected chi connectivity index (χ2v) is 7.23. The number of nitroso groups, excluding NO2 is 1. The molecule has 13 heteroatoms. The summed E-state index contributed by atoms with van der Waals surface area (Å²) < 4.78 is 19.6. The molecule has 13 nitrogen and oxygen atoms in total. The highest BCUT2D eigenvalue weighted by Crippen LogP contribution is 2.12. The number of nitrogens with zero attached hydrogens (tertiary/aromatic N) is 3. The van der Waals surface area contributed by atoms with Crippen LogP contribution in [0.25, 0.3) is 0 Å². The van der Waals surface area contributed by atoms with Gasteiger partial charge in [-0.25, -0.2) is 14.4 Å². The van der Waals surface area contributed by atoms with Crippen LogP contribution in [0.2, 0.25) is 0 Å². The van der Waals surface area contributed by atoms with Gasteiger partial charge >= 0.3 is 18.0 Å². The number of hydrogen-bond acceptors (Lipinski definition) is 11. The van der Waals surface area contributed by atoms with Crippen LogP contribution in [0.1, 0.15) is 27.7 Å². The Labute approximate surface area is 180 Å². The summed E-state index contributed by atoms with van der Waals surface area (Å²) in [6, 6.07) is -1.64. The molecule has 31 heavy (non-hydrogen) atoms. The maximum Gasteiger partial charge on any atom is 0.410 e. The number of hydrogen-bond donors (Lipinski definition) is 1. The Hall–Kier alpha value is -3.22. The quantitative estimate of drug-likeness (QED) is 0.0703. The van der Waals surface area contributed by atoms with Crippen molar-refractivity contribution in [3.63, 3.8) is 0 Å². The summed E-state index contributed by atoms with van der Waals surface area (Å²) >= 11 is 0. The number of likely N-dealkylation sites (N-methyl/N-ethyl adjacent to an activating group) is 1. The molecule has 0 aliphatic rings. The predicted octanol–water partition coefficient (Wildman–Crippen LogP) is 0.912. The Morgan fingerprint density at radius 2 is 1.74 bits per heavy atom. The van der Waals surface area contributed by atoms with E-state index in [2.05, 4.69) is 19.8 Å². The molecule has 0 aromatic heterocycles. The molecule has 0 spiro atoms. The molecule has 0 aliphatic heterocycles. The minimum absolute atomic E-state index is 0.0358. The van der Waals surface area contributed by atoms with Crippen LogP contribution in [-0.4, -0.2) is 80.9 Å². The third kappa shape index (κ3) is 10.9. The van der Waals surface area contributed by atoms with Crippen molar-refractivity contribution in [2.45, 2.75) is 45.4 Å². The van der Waals surface area contributed by atoms with Crippen LogP contribution in [0.5, 0.6) is 0 Å². The number of rotatable bonds is 11. The van der Waals surface area contributed by atoms with Gasteiger partial charge in [-0.3, -0.25) is 4.90 Å². The maximum absolute atomic E-state index is 12.4. The Kier molecular flexibility index (Phi) is 11.8. The van der Waals surface area contributed by atoms with E-state index in [4.69, 9.17) is 20.0 Å². The average Bonchev–Trinajstić information content (AvgIpc) is 2.70. The van der Waals surface area contributed by atoms with Gasteiger partial charge in [-0.05, 0) is 27.7 Å². The van der Waals surface area contributed by atoms with Crippen molar-refractivity contribution in [2.24, 2.45) is 16.1 Å². The van der Waals surface area contributed by atoms with Gasteiger partial charge in [0, 0.05) is 7.05 Å². The molecule has 2 unspecified atom stereocenters. The summed E-state index contributed by atoms with van der Waals surface area (Å²) in [6.07, 6.45) is -0.0255. The van der Waals surface area contributed by atoms with Crippen LogP contribution in [0.3, 0.4) is 0 Å². The topological polar surface area (TPSA) is 168 Å². The molecule has 0 saturated carbocycles. The first kappa shape index (κ1) is 27.8. The van der Waals surface area contributed by atoms with E-state index in [-0.39, 0.29) is 19.0 Å². The molecule has 0 saturated heterocycles. The summed E-state index contributed by atoms with van der Waals surface area (Å²) in [5, 5.41) is 6.42. The van der Waals surface area contributed by atoms with Crippen LogP contribution < -0.4 is 5.73 Å². The third-order valence-corrected chi connectivity index (χ3v) is 3.39. The zero-order chi connectivity index (χ0) is 24.2. The van der Waals surface area contributed by atoms with E-state index in [1.807, 2.05) is 0 Å². The van der Waals surface area contributed by atoms with Gasteiger partial charge in [0.05, 0.1) is 33.5 Å². The smallest absolute Gasteiger partial charge is 0.410 e. The summed E-state index contributed by atoms with van der Waals surface area (Å²) in [6.45, 7) is 6.36. The summed E-state index contributed by atoms with van der Waals surface area (Å²) in [4.78, 5) is 52.1. The largest absolute Gasteiger partial charge is 0.466 e. The normalized spacial score (nSPS) is 14.2. The van der Waals surface area contributed by atoms with Crippen LogP contribution in [0.15, 0.2) is 22.2 Å². The van der Waals surface area contributed by atoms with Gasteiger partial charge in [0.15, 0.2) is 5.84 Å². The van der Waals surface area contributed by atoms with Gasteiger partial charge in [0.25, 0.3) is 0 Å². The van der Waals surface area contributed by atoms with Crippen LogP contribution in [-0.2, 0) is 33.4 Å². The highest BCUT2D eigenvalue weighted by molar-refractivity contribution is 5.95. The molecular formula is C18H30N4O9. The van der Waals surface area contributed by atoms with Gasteiger partial charge in [0.1, 0.15) is 17.7 Å². The lowest BCUT2D eigenvalue weighted by molar-refractivity contribution is -0.142. The number of oxime groups is 1. The number of esters is 2. The molecule has 0 fully saturated rings. The molecule has 0 radical (unpaired) electrons. The van der Waals surface area contributed by atoms with Crippen molar-refractivity contribution in [1.29, 1.82) is 0 Å². The van der Waals surface area contributed by atoms with Gasteiger partial charge < -0.3 is 29.5 Å². The van der Waals surface area contributed by atoms with Crippen LogP contribution in [0.4, 0.5) is 4.79 Å². The molecule has 0 aromatic carbocycles. The van der Waals surface area contributed by atoms with Crippen molar-refractivity contribution in [1.82, 2.24) is 4.90 Å². The Bertz CT molecular complexity index is 701. The van der Waals surface area contributed by atoms with E-state index in [0.717, 1.165) is 19.1 Å². The van der Waals surface area contributed by atoms with E-state index in [9.17, 15) is 19.3 Å². The molecule has 1 amide bonds. The maximum atomic E-state index is 12.4. The number of nitrogens with two attached hydrogens (primary N) is 1. The fraction of sp³-hybridized carbons (Fsp3) is 0.667. The molecular weight excluding hydrogens is 416 g/mol. The lowest BCUT2D eigenvalue weighted by atomic mass is 10.2. The van der Waals surface area contributed by atoms with E-state index >= 15 is 0 Å². The van der Waals surface area contributed by atoms with Crippen molar-refractivity contribution < 1.29 is 38.2 Å². The van der Waals surface area contributed by atoms with Crippen molar-refractivity contribution >= 4 is 23.9 Å². The summed E-state index contributed by atoms with van der Waals surface area (Å²) in [5.41, 5.74) is 5.16. The first-order valence-electron chi connectivity index (χ1n) is 9.10. The van der Waals surface area contributed by atoms with Crippen LogP contribution >= 0.6 is 0 Å². The molecule has 2 N–H and O–H groups in total. The zero-order valence-electron chi connectivity index (χ0n) is 18.7. The van der Waals surface area contributed by atoms with E-state index in [1.165, 1.54) is 7.05 Å². The minimum atomic E-state index is -1.01. The van der Waals surface area contributed by atoms with E-state index in [0.29, 0.717) is 6.08 Å². The lowest BCUT2D eigenvalue weighted by Gasteiger charge is -2.30. The van der Waals surface area contributed by atoms with E-state index < -0.39 is 41.5 Å². The van der Waals surface area contributed by atoms with Gasteiger partial charge in [-0.1, -0.05) is 10.3 Å². The molecule has 0 aliphatic carbocycles. The van der Waals surface area contributed by atoms with Crippen molar-refractivity contribution in [2.75, 3.05) is 34.5 Å². The lowest BCUT2D eigenvalue weighted by Crippen LogP contribution is -2.50. The minimum Gasteiger partial charge on any atom is -0.466 e. The molecule has 0 bridgehead atoms. The van der Waals surface area contributed by atoms with Crippen molar-refractivity contribution in [3.05, 3.63) is 16.7 Å². The molecule has 0 heterocycles. The second kappa shape index (κ2) is 13.2. The van der Waals surface area contributed by atoms with Crippen LogP contribution in [0, 0.1) is 4.91 Å². The van der Waals surface area contributed by atoms with Gasteiger partial charge in [-0.15, -0.1) is 0 Å². The van der Waals surface area contributed by atoms with E-state index in [1.54, 1.807) is 27.7 Å². The molecule has 176 valence electrons.